The van der Waals surface area contributed by atoms with Crippen molar-refractivity contribution in [2.75, 3.05) is 38.0 Å². The maximum absolute atomic E-state index is 12.7. The summed E-state index contributed by atoms with van der Waals surface area (Å²) in [6.45, 7) is 9.95. The van der Waals surface area contributed by atoms with Crippen molar-refractivity contribution in [1.82, 2.24) is 9.80 Å². The molecule has 1 fully saturated rings. The Hall–Kier alpha value is -2.66. The van der Waals surface area contributed by atoms with E-state index in [1.807, 2.05) is 42.2 Å². The molecule has 2 amide bonds. The highest BCUT2D eigenvalue weighted by molar-refractivity contribution is 5.94. The Balaban J connectivity index is 1.46. The highest BCUT2D eigenvalue weighted by Crippen LogP contribution is 2.15. The van der Waals surface area contributed by atoms with Crippen LogP contribution in [0, 0.1) is 13.8 Å². The van der Waals surface area contributed by atoms with Crippen molar-refractivity contribution in [1.29, 1.82) is 0 Å². The molecule has 1 aliphatic rings. The van der Waals surface area contributed by atoms with Crippen LogP contribution in [0.4, 0.5) is 5.69 Å². The SMILES string of the molecule is CC(=O)Nc1ccc(CCN2CCN(C(=O)c3ccc(C)c(C)c3)CC2)cc1. The fraction of sp³-hybridized carbons (Fsp3) is 0.391. The smallest absolute Gasteiger partial charge is 0.253 e. The molecule has 1 N–H and O–H groups in total. The van der Waals surface area contributed by atoms with Gasteiger partial charge in [0.05, 0.1) is 0 Å². The predicted octanol–water partition coefficient (Wildman–Crippen LogP) is 3.26. The lowest BCUT2D eigenvalue weighted by Gasteiger charge is -2.35. The molecule has 5 nitrogen and oxygen atoms in total. The van der Waals surface area contributed by atoms with Crippen LogP contribution in [-0.2, 0) is 11.2 Å². The molecule has 1 aliphatic heterocycles. The number of nitrogens with zero attached hydrogens (tertiary/aromatic N) is 2. The molecule has 1 saturated heterocycles. The van der Waals surface area contributed by atoms with E-state index in [2.05, 4.69) is 29.3 Å². The number of benzene rings is 2. The summed E-state index contributed by atoms with van der Waals surface area (Å²) < 4.78 is 0. The third kappa shape index (κ3) is 5.20. The van der Waals surface area contributed by atoms with Gasteiger partial charge in [-0.15, -0.1) is 0 Å². The van der Waals surface area contributed by atoms with Gasteiger partial charge in [0, 0.05) is 50.9 Å². The third-order valence-corrected chi connectivity index (χ3v) is 5.40. The fourth-order valence-corrected chi connectivity index (χ4v) is 3.48. The van der Waals surface area contributed by atoms with Gasteiger partial charge < -0.3 is 10.2 Å². The summed E-state index contributed by atoms with van der Waals surface area (Å²) in [6.07, 6.45) is 0.964. The summed E-state index contributed by atoms with van der Waals surface area (Å²) in [5.41, 5.74) is 5.24. The Kier molecular flexibility index (Phi) is 6.47. The molecule has 0 unspecified atom stereocenters. The summed E-state index contributed by atoms with van der Waals surface area (Å²) in [5.74, 6) is 0.0808. The van der Waals surface area contributed by atoms with Crippen molar-refractivity contribution < 1.29 is 9.59 Å². The maximum Gasteiger partial charge on any atom is 0.253 e. The summed E-state index contributed by atoms with van der Waals surface area (Å²) in [6, 6.07) is 14.0. The van der Waals surface area contributed by atoms with Gasteiger partial charge in [-0.25, -0.2) is 0 Å². The van der Waals surface area contributed by atoms with Crippen molar-refractivity contribution in [2.24, 2.45) is 0 Å². The zero-order valence-corrected chi connectivity index (χ0v) is 17.0. The second-order valence-electron chi connectivity index (χ2n) is 7.56. The largest absolute Gasteiger partial charge is 0.336 e. The van der Waals surface area contributed by atoms with E-state index in [1.54, 1.807) is 0 Å². The zero-order chi connectivity index (χ0) is 20.1. The molecule has 148 valence electrons. The molecule has 2 aromatic rings. The normalized spacial score (nSPS) is 14.8. The number of aryl methyl sites for hydroxylation is 2. The molecule has 0 saturated carbocycles. The molecule has 28 heavy (non-hydrogen) atoms. The molecule has 1 heterocycles. The van der Waals surface area contributed by atoms with Crippen molar-refractivity contribution in [3.63, 3.8) is 0 Å². The molecule has 5 heteroatoms. The van der Waals surface area contributed by atoms with E-state index in [1.165, 1.54) is 18.1 Å². The van der Waals surface area contributed by atoms with Gasteiger partial charge in [-0.05, 0) is 61.2 Å². The number of anilines is 1. The quantitative estimate of drug-likeness (QED) is 0.868. The molecule has 0 radical (unpaired) electrons. The Morgan fingerprint density at radius 2 is 1.61 bits per heavy atom. The standard InChI is InChI=1S/C23H29N3O2/c1-17-4-7-21(16-18(17)2)23(28)26-14-12-25(13-15-26)11-10-20-5-8-22(9-6-20)24-19(3)27/h4-9,16H,10-15H2,1-3H3,(H,24,27). The van der Waals surface area contributed by atoms with Crippen molar-refractivity contribution in [3.05, 3.63) is 64.7 Å². The number of piperazine rings is 1. The van der Waals surface area contributed by atoms with E-state index in [4.69, 9.17) is 0 Å². The highest BCUT2D eigenvalue weighted by atomic mass is 16.2. The molecule has 0 aromatic heterocycles. The topological polar surface area (TPSA) is 52.7 Å². The van der Waals surface area contributed by atoms with Gasteiger partial charge in [-0.3, -0.25) is 14.5 Å². The second kappa shape index (κ2) is 9.02. The minimum Gasteiger partial charge on any atom is -0.336 e. The molecule has 0 aliphatic carbocycles. The summed E-state index contributed by atoms with van der Waals surface area (Å²) in [4.78, 5) is 28.2. The van der Waals surface area contributed by atoms with E-state index >= 15 is 0 Å². The molecule has 0 spiro atoms. The van der Waals surface area contributed by atoms with E-state index in [0.717, 1.165) is 56.0 Å². The van der Waals surface area contributed by atoms with Gasteiger partial charge in [0.1, 0.15) is 0 Å². The van der Waals surface area contributed by atoms with Gasteiger partial charge in [0.25, 0.3) is 5.91 Å². The van der Waals surface area contributed by atoms with Crippen LogP contribution < -0.4 is 5.32 Å². The van der Waals surface area contributed by atoms with Crippen LogP contribution in [0.15, 0.2) is 42.5 Å². The lowest BCUT2D eigenvalue weighted by atomic mass is 10.1. The van der Waals surface area contributed by atoms with Gasteiger partial charge in [0.2, 0.25) is 5.91 Å². The molecule has 3 rings (SSSR count). The number of hydrogen-bond acceptors (Lipinski definition) is 3. The van der Waals surface area contributed by atoms with Gasteiger partial charge in [0.15, 0.2) is 0 Å². The van der Waals surface area contributed by atoms with E-state index in [9.17, 15) is 9.59 Å². The minimum absolute atomic E-state index is 0.0547. The Morgan fingerprint density at radius 3 is 2.21 bits per heavy atom. The first-order valence-corrected chi connectivity index (χ1v) is 9.88. The number of carbonyl (C=O) groups excluding carboxylic acids is 2. The summed E-state index contributed by atoms with van der Waals surface area (Å²) >= 11 is 0. The number of amides is 2. The van der Waals surface area contributed by atoms with Crippen LogP contribution in [0.5, 0.6) is 0 Å². The number of hydrogen-bond donors (Lipinski definition) is 1. The van der Waals surface area contributed by atoms with E-state index in [-0.39, 0.29) is 11.8 Å². The summed E-state index contributed by atoms with van der Waals surface area (Å²) in [7, 11) is 0. The summed E-state index contributed by atoms with van der Waals surface area (Å²) in [5, 5.41) is 2.79. The Bertz CT molecular complexity index is 837. The molecule has 2 aromatic carbocycles. The Morgan fingerprint density at radius 1 is 0.929 bits per heavy atom. The van der Waals surface area contributed by atoms with Crippen LogP contribution in [0.25, 0.3) is 0 Å². The third-order valence-electron chi connectivity index (χ3n) is 5.40. The lowest BCUT2D eigenvalue weighted by molar-refractivity contribution is -0.114. The molecular weight excluding hydrogens is 350 g/mol. The van der Waals surface area contributed by atoms with Gasteiger partial charge in [-0.1, -0.05) is 18.2 Å². The van der Waals surface area contributed by atoms with Gasteiger partial charge >= 0.3 is 0 Å². The van der Waals surface area contributed by atoms with Gasteiger partial charge in [-0.2, -0.15) is 0 Å². The maximum atomic E-state index is 12.7. The van der Waals surface area contributed by atoms with E-state index < -0.39 is 0 Å². The number of nitrogens with one attached hydrogen (secondary N) is 1. The number of rotatable bonds is 5. The average molecular weight is 380 g/mol. The lowest BCUT2D eigenvalue weighted by Crippen LogP contribution is -2.49. The number of carbonyl (C=O) groups is 2. The van der Waals surface area contributed by atoms with Crippen LogP contribution in [-0.4, -0.2) is 54.3 Å². The van der Waals surface area contributed by atoms with Crippen molar-refractivity contribution >= 4 is 17.5 Å². The first-order valence-electron chi connectivity index (χ1n) is 9.88. The molecular formula is C23H29N3O2. The first kappa shape index (κ1) is 20.1. The molecule has 0 atom stereocenters. The predicted molar refractivity (Wildman–Crippen MR) is 113 cm³/mol. The Labute approximate surface area is 167 Å². The van der Waals surface area contributed by atoms with Crippen LogP contribution in [0.1, 0.15) is 34.0 Å². The van der Waals surface area contributed by atoms with Crippen LogP contribution >= 0.6 is 0 Å². The monoisotopic (exact) mass is 379 g/mol. The van der Waals surface area contributed by atoms with Crippen molar-refractivity contribution in [2.45, 2.75) is 27.2 Å². The van der Waals surface area contributed by atoms with Crippen molar-refractivity contribution in [3.8, 4) is 0 Å². The van der Waals surface area contributed by atoms with Crippen LogP contribution in [0.2, 0.25) is 0 Å². The van der Waals surface area contributed by atoms with E-state index in [0.29, 0.717) is 0 Å². The average Bonchev–Trinajstić information content (AvgIpc) is 2.69. The highest BCUT2D eigenvalue weighted by Gasteiger charge is 2.22. The van der Waals surface area contributed by atoms with Crippen LogP contribution in [0.3, 0.4) is 0 Å². The fourth-order valence-electron chi connectivity index (χ4n) is 3.48. The molecule has 0 bridgehead atoms. The second-order valence-corrected chi connectivity index (χ2v) is 7.56. The zero-order valence-electron chi connectivity index (χ0n) is 17.0. The minimum atomic E-state index is -0.0547. The first-order chi connectivity index (χ1) is 13.4.